The lowest BCUT2D eigenvalue weighted by Gasteiger charge is -2.15. The number of hydrogen-bond acceptors (Lipinski definition) is 18. The second kappa shape index (κ2) is 32.3. The number of aliphatic hydroxyl groups is 3. The molecule has 0 bridgehead atoms. The fraction of sp³-hybridized carbons (Fsp3) is 0.194. The Balaban J connectivity index is 0.000000198. The highest BCUT2D eigenvalue weighted by molar-refractivity contribution is 8.00. The fourth-order valence-electron chi connectivity index (χ4n) is 8.61. The molecule has 0 aliphatic carbocycles. The zero-order chi connectivity index (χ0) is 67.8. The van der Waals surface area contributed by atoms with Crippen LogP contribution in [-0.4, -0.2) is 99.3 Å². The number of phenolic OH excluding ortho intramolecular Hbond substituents is 3. The zero-order valence-corrected chi connectivity index (χ0v) is 55.7. The van der Waals surface area contributed by atoms with E-state index in [0.29, 0.717) is 82.6 Å². The fourth-order valence-corrected chi connectivity index (χ4v) is 14.1. The average molecular weight is 1390 g/mol. The maximum absolute atomic E-state index is 13.0. The van der Waals surface area contributed by atoms with Crippen molar-refractivity contribution < 1.29 is 74.1 Å². The van der Waals surface area contributed by atoms with Crippen LogP contribution >= 0.6 is 35.3 Å². The van der Waals surface area contributed by atoms with Crippen LogP contribution in [0.25, 0.3) is 32.3 Å². The lowest BCUT2D eigenvalue weighted by molar-refractivity contribution is 0.0819. The van der Waals surface area contributed by atoms with Gasteiger partial charge in [-0.2, -0.15) is 0 Å². The number of benzene rings is 9. The van der Waals surface area contributed by atoms with Gasteiger partial charge in [0.2, 0.25) is 0 Å². The van der Waals surface area contributed by atoms with E-state index in [1.165, 1.54) is 54.2 Å². The van der Waals surface area contributed by atoms with Crippen molar-refractivity contribution in [2.24, 2.45) is 11.8 Å². The summed E-state index contributed by atoms with van der Waals surface area (Å²) in [5.41, 5.74) is 1.77. The number of anilines is 4. The SMILES string of the molecule is C=C(O)CSc1cc(NS(=O)(=O)c2ccc(NCC(C)C)cc2)c2ccccc2c1O.C=C(O)CSc1cc(NS(=O)(=O)c2ccc(OCC(C)C)cc2)c2ccccc2c1O.C=C(O)CSc1cc(NS(=O)(=O)c2ccc(OCC(F)F)cc2)c2ccccc2c1O. The van der Waals surface area contributed by atoms with E-state index in [1.807, 2.05) is 13.8 Å². The predicted molar refractivity (Wildman–Crippen MR) is 371 cm³/mol. The van der Waals surface area contributed by atoms with E-state index in [1.54, 1.807) is 121 Å². The molecule has 10 N–H and O–H groups in total. The van der Waals surface area contributed by atoms with Crippen LogP contribution in [-0.2, 0) is 30.1 Å². The Morgan fingerprint density at radius 2 is 0.731 bits per heavy atom. The Hall–Kier alpha value is -8.66. The van der Waals surface area contributed by atoms with Gasteiger partial charge < -0.3 is 45.4 Å². The average Bonchev–Trinajstić information content (AvgIpc) is 0.797. The standard InChI is InChI=1S/C23H26N2O4S2.C23H25NO5S2.C21H19F2NO5S2/c1-15(2)13-24-17-8-10-18(11-9-17)31(28,29)25-21-12-22(30-14-16(3)26)23(27)20-7-5-4-6-19(20)21;1-15(2)13-29-17-8-10-18(11-9-17)31(27,28)24-21-12-22(30-14-16(3)25)23(26)20-7-5-4-6-19(20)21;1-13(25)12-30-19-10-18(16-4-2-3-5-17(16)21(19)26)24-31(27,28)15-8-6-14(7-9-15)29-11-20(22)23/h4-12,15,24-27H,3,13-14H2,1-2H3;4-12,15,24-26H,3,13-14H2,1-2H3;2-10,20,24-26H,1,11-12H2. The van der Waals surface area contributed by atoms with E-state index in [-0.39, 0.29) is 77.9 Å². The van der Waals surface area contributed by atoms with Gasteiger partial charge in [-0.05, 0) is 103 Å². The highest BCUT2D eigenvalue weighted by Crippen LogP contribution is 2.44. The van der Waals surface area contributed by atoms with Gasteiger partial charge in [0.05, 0.1) is 87.6 Å². The molecule has 0 aliphatic rings. The molecule has 18 nitrogen and oxygen atoms in total. The molecular weight excluding hydrogens is 1320 g/mol. The van der Waals surface area contributed by atoms with Gasteiger partial charge in [0.15, 0.2) is 0 Å². The molecule has 0 aromatic heterocycles. The molecule has 492 valence electrons. The summed E-state index contributed by atoms with van der Waals surface area (Å²) < 4.78 is 121. The minimum absolute atomic E-state index is 0.0245. The molecular formula is C67H70F2N4O14S6. The van der Waals surface area contributed by atoms with Crippen LogP contribution in [0.1, 0.15) is 27.7 Å². The Morgan fingerprint density at radius 3 is 1.01 bits per heavy atom. The highest BCUT2D eigenvalue weighted by Gasteiger charge is 2.23. The number of fused-ring (bicyclic) bond motifs is 3. The normalized spacial score (nSPS) is 11.6. The topological polar surface area (TPSA) is 290 Å². The first-order valence-corrected chi connectivity index (χ1v) is 35.8. The number of thioether (sulfide) groups is 3. The number of rotatable bonds is 27. The predicted octanol–water partition coefficient (Wildman–Crippen LogP) is 16.3. The summed E-state index contributed by atoms with van der Waals surface area (Å²) in [4.78, 5) is 1.38. The van der Waals surface area contributed by atoms with Crippen molar-refractivity contribution in [1.82, 2.24) is 0 Å². The molecule has 0 saturated carbocycles. The monoisotopic (exact) mass is 1380 g/mol. The summed E-state index contributed by atoms with van der Waals surface area (Å²) in [5, 5.41) is 66.2. The van der Waals surface area contributed by atoms with Crippen LogP contribution in [0.15, 0.2) is 230 Å². The van der Waals surface area contributed by atoms with Gasteiger partial charge in [-0.15, -0.1) is 35.3 Å². The van der Waals surface area contributed by atoms with Crippen LogP contribution in [0.3, 0.4) is 0 Å². The van der Waals surface area contributed by atoms with Crippen molar-refractivity contribution in [2.45, 2.75) is 63.5 Å². The quantitative estimate of drug-likeness (QED) is 0.0130. The summed E-state index contributed by atoms with van der Waals surface area (Å²) in [7, 11) is -11.8. The van der Waals surface area contributed by atoms with E-state index in [2.05, 4.69) is 53.1 Å². The van der Waals surface area contributed by atoms with E-state index in [9.17, 15) is 64.7 Å². The molecule has 0 heterocycles. The number of alkyl halides is 2. The molecule has 0 radical (unpaired) electrons. The van der Waals surface area contributed by atoms with Gasteiger partial charge in [0.1, 0.15) is 35.4 Å². The lowest BCUT2D eigenvalue weighted by atomic mass is 10.1. The van der Waals surface area contributed by atoms with Crippen molar-refractivity contribution >= 4 is 120 Å². The van der Waals surface area contributed by atoms with Gasteiger partial charge in [-0.1, -0.05) is 120 Å². The minimum Gasteiger partial charge on any atom is -0.512 e. The Kier molecular flexibility index (Phi) is 24.9. The van der Waals surface area contributed by atoms with Crippen LogP contribution < -0.4 is 29.0 Å². The van der Waals surface area contributed by atoms with Crippen molar-refractivity contribution in [3.63, 3.8) is 0 Å². The molecule has 9 aromatic carbocycles. The van der Waals surface area contributed by atoms with Gasteiger partial charge in [-0.25, -0.2) is 34.0 Å². The lowest BCUT2D eigenvalue weighted by Crippen LogP contribution is -2.14. The first kappa shape index (κ1) is 71.8. The van der Waals surface area contributed by atoms with Crippen molar-refractivity contribution in [3.8, 4) is 28.7 Å². The second-order valence-corrected chi connectivity index (χ2v) is 29.6. The van der Waals surface area contributed by atoms with E-state index in [4.69, 9.17) is 9.47 Å². The summed E-state index contributed by atoms with van der Waals surface area (Å²) in [6.45, 7) is 19.1. The first-order valence-electron chi connectivity index (χ1n) is 28.4. The number of halogens is 2. The molecule has 9 rings (SSSR count). The van der Waals surface area contributed by atoms with Crippen LogP contribution in [0, 0.1) is 11.8 Å². The van der Waals surface area contributed by atoms with Gasteiger partial charge in [0, 0.05) is 44.5 Å². The van der Waals surface area contributed by atoms with Gasteiger partial charge >= 0.3 is 0 Å². The molecule has 93 heavy (non-hydrogen) atoms. The molecule has 0 spiro atoms. The van der Waals surface area contributed by atoms with Crippen molar-refractivity contribution in [1.29, 1.82) is 0 Å². The number of aromatic hydroxyl groups is 3. The second-order valence-electron chi connectivity index (χ2n) is 21.5. The van der Waals surface area contributed by atoms with Gasteiger partial charge in [-0.3, -0.25) is 14.2 Å². The summed E-state index contributed by atoms with van der Waals surface area (Å²) >= 11 is 3.44. The molecule has 0 amide bonds. The minimum atomic E-state index is -4.03. The molecule has 0 saturated heterocycles. The van der Waals surface area contributed by atoms with Crippen molar-refractivity contribution in [3.05, 3.63) is 201 Å². The highest BCUT2D eigenvalue weighted by atomic mass is 32.2. The number of phenols is 3. The third-order valence-corrected chi connectivity index (χ3v) is 20.4. The number of ether oxygens (including phenoxy) is 2. The van der Waals surface area contributed by atoms with Crippen LogP contribution in [0.4, 0.5) is 31.5 Å². The van der Waals surface area contributed by atoms with Crippen molar-refractivity contribution in [2.75, 3.05) is 56.5 Å². The van der Waals surface area contributed by atoms with E-state index >= 15 is 0 Å². The first-order chi connectivity index (χ1) is 44.0. The van der Waals surface area contributed by atoms with Crippen LogP contribution in [0.2, 0.25) is 0 Å². The Bertz CT molecular complexity index is 4030. The molecule has 26 heteroatoms. The number of nitrogens with one attached hydrogen (secondary N) is 4. The molecule has 0 unspecified atom stereocenters. The molecule has 0 aliphatic heterocycles. The third-order valence-electron chi connectivity index (χ3n) is 13.0. The number of hydrogen-bond donors (Lipinski definition) is 10. The molecule has 0 atom stereocenters. The third kappa shape index (κ3) is 20.2. The zero-order valence-electron chi connectivity index (χ0n) is 50.8. The van der Waals surface area contributed by atoms with Gasteiger partial charge in [0.25, 0.3) is 36.5 Å². The summed E-state index contributed by atoms with van der Waals surface area (Å²) in [5.74, 6) is 1.90. The largest absolute Gasteiger partial charge is 0.512 e. The summed E-state index contributed by atoms with van der Waals surface area (Å²) in [6.07, 6.45) is -2.64. The molecule has 0 fully saturated rings. The van der Waals surface area contributed by atoms with E-state index in [0.717, 1.165) is 35.8 Å². The summed E-state index contributed by atoms with van der Waals surface area (Å²) in [6, 6.07) is 43.2. The van der Waals surface area contributed by atoms with E-state index < -0.39 is 43.1 Å². The van der Waals surface area contributed by atoms with Crippen LogP contribution in [0.5, 0.6) is 28.7 Å². The maximum atomic E-state index is 13.0. The molecule has 9 aromatic rings. The smallest absolute Gasteiger partial charge is 0.272 e. The Labute approximate surface area is 552 Å². The maximum Gasteiger partial charge on any atom is 0.272 e. The number of aliphatic hydroxyl groups excluding tert-OH is 3. The number of sulfonamides is 3. The Morgan fingerprint density at radius 1 is 0.441 bits per heavy atom.